The number of aliphatic hydroxyl groups excluding tert-OH is 1. The average molecular weight is 535 g/mol. The lowest BCUT2D eigenvalue weighted by Gasteiger charge is -2.44. The van der Waals surface area contributed by atoms with Crippen molar-refractivity contribution in [2.75, 3.05) is 13.2 Å². The number of nitrogens with zero attached hydrogens (tertiary/aromatic N) is 2. The number of aliphatic hydroxyl groups is 1. The Morgan fingerprint density at radius 1 is 1.00 bits per heavy atom. The van der Waals surface area contributed by atoms with E-state index >= 15 is 0 Å². The normalized spacial score (nSPS) is 18.9. The van der Waals surface area contributed by atoms with E-state index in [0.717, 1.165) is 18.4 Å². The molecule has 0 spiro atoms. The third-order valence-corrected chi connectivity index (χ3v) is 6.22. The summed E-state index contributed by atoms with van der Waals surface area (Å²) < 4.78 is 16.9. The van der Waals surface area contributed by atoms with Crippen molar-refractivity contribution in [3.63, 3.8) is 0 Å². The smallest absolute Gasteiger partial charge is 0.410 e. The van der Waals surface area contributed by atoms with E-state index in [1.54, 1.807) is 32.6 Å². The topological polar surface area (TPSA) is 106 Å². The molecule has 1 fully saturated rings. The first-order chi connectivity index (χ1) is 17.7. The first kappa shape index (κ1) is 31.4. The zero-order valence-corrected chi connectivity index (χ0v) is 24.1. The number of ether oxygens (including phenoxy) is 3. The van der Waals surface area contributed by atoms with Gasteiger partial charge in [-0.3, -0.25) is 4.90 Å². The minimum Gasteiger partial charge on any atom is -0.458 e. The minimum atomic E-state index is -0.934. The van der Waals surface area contributed by atoms with E-state index in [-0.39, 0.29) is 25.8 Å². The molecular weight excluding hydrogens is 488 g/mol. The molecule has 2 rings (SSSR count). The number of hydrogen-bond donors (Lipinski definition) is 1. The second-order valence-corrected chi connectivity index (χ2v) is 11.9. The number of piperidine rings is 1. The van der Waals surface area contributed by atoms with Crippen LogP contribution in [0.25, 0.3) is 0 Å². The highest BCUT2D eigenvalue weighted by Gasteiger charge is 2.40. The number of carbonyl (C=O) groups excluding carboxylic acids is 3. The maximum absolute atomic E-state index is 13.4. The first-order valence-electron chi connectivity index (χ1n) is 13.5. The molecule has 1 aromatic carbocycles. The zero-order chi connectivity index (χ0) is 28.5. The van der Waals surface area contributed by atoms with Gasteiger partial charge >= 0.3 is 18.2 Å². The Labute approximate surface area is 227 Å². The maximum atomic E-state index is 13.4. The zero-order valence-electron chi connectivity index (χ0n) is 24.1. The Morgan fingerprint density at radius 3 is 2.18 bits per heavy atom. The van der Waals surface area contributed by atoms with Gasteiger partial charge in [0.25, 0.3) is 0 Å². The fourth-order valence-electron chi connectivity index (χ4n) is 4.50. The summed E-state index contributed by atoms with van der Waals surface area (Å²) in [5.41, 5.74) is -0.602. The van der Waals surface area contributed by atoms with Gasteiger partial charge in [-0.15, -0.1) is 0 Å². The van der Waals surface area contributed by atoms with E-state index in [2.05, 4.69) is 0 Å². The number of likely N-dealkylation sites (tertiary alicyclic amines) is 1. The molecule has 1 heterocycles. The van der Waals surface area contributed by atoms with Crippen LogP contribution >= 0.6 is 0 Å². The Morgan fingerprint density at radius 2 is 1.61 bits per heavy atom. The Balaban J connectivity index is 2.33. The molecule has 0 aliphatic carbocycles. The highest BCUT2D eigenvalue weighted by Crippen LogP contribution is 2.29. The number of benzene rings is 1. The van der Waals surface area contributed by atoms with Gasteiger partial charge in [-0.1, -0.05) is 30.3 Å². The van der Waals surface area contributed by atoms with Crippen LogP contribution in [0.15, 0.2) is 30.3 Å². The van der Waals surface area contributed by atoms with Crippen molar-refractivity contribution in [2.45, 2.75) is 117 Å². The van der Waals surface area contributed by atoms with E-state index in [1.807, 2.05) is 51.1 Å². The van der Waals surface area contributed by atoms with Crippen molar-refractivity contribution in [3.8, 4) is 0 Å². The highest BCUT2D eigenvalue weighted by atomic mass is 16.6. The monoisotopic (exact) mass is 534 g/mol. The summed E-state index contributed by atoms with van der Waals surface area (Å²) in [4.78, 5) is 42.8. The van der Waals surface area contributed by atoms with Crippen LogP contribution in [0.3, 0.4) is 0 Å². The van der Waals surface area contributed by atoms with Gasteiger partial charge in [0.15, 0.2) is 0 Å². The SMILES string of the molecule is CC(C(=O)OC(C)(C)C)N(CC1CCCC(CCCO)N1C(=O)OC(C)(C)C)C(=O)OCc1ccccc1. The summed E-state index contributed by atoms with van der Waals surface area (Å²) in [7, 11) is 0. The van der Waals surface area contributed by atoms with Gasteiger partial charge < -0.3 is 24.2 Å². The van der Waals surface area contributed by atoms with Gasteiger partial charge in [0, 0.05) is 19.2 Å². The second kappa shape index (κ2) is 13.8. The largest absolute Gasteiger partial charge is 0.458 e. The number of carbonyl (C=O) groups is 3. The quantitative estimate of drug-likeness (QED) is 0.339. The van der Waals surface area contributed by atoms with Crippen LogP contribution in [-0.4, -0.2) is 75.5 Å². The minimum absolute atomic E-state index is 0.0247. The van der Waals surface area contributed by atoms with Crippen molar-refractivity contribution >= 4 is 18.2 Å². The van der Waals surface area contributed by atoms with Gasteiger partial charge in [-0.05, 0) is 86.1 Å². The third-order valence-electron chi connectivity index (χ3n) is 6.22. The molecule has 9 nitrogen and oxygen atoms in total. The molecule has 1 aliphatic heterocycles. The Hall–Kier alpha value is -2.81. The Kier molecular flexibility index (Phi) is 11.4. The molecule has 38 heavy (non-hydrogen) atoms. The van der Waals surface area contributed by atoms with Gasteiger partial charge in [-0.2, -0.15) is 0 Å². The summed E-state index contributed by atoms with van der Waals surface area (Å²) in [6, 6.07) is 7.83. The highest BCUT2D eigenvalue weighted by molar-refractivity contribution is 5.81. The van der Waals surface area contributed by atoms with Crippen LogP contribution in [-0.2, 0) is 25.6 Å². The lowest BCUT2D eigenvalue weighted by molar-refractivity contribution is -0.160. The predicted octanol–water partition coefficient (Wildman–Crippen LogP) is 5.29. The maximum Gasteiger partial charge on any atom is 0.410 e. The molecule has 214 valence electrons. The lowest BCUT2D eigenvalue weighted by atomic mass is 9.92. The van der Waals surface area contributed by atoms with E-state index < -0.39 is 41.4 Å². The summed E-state index contributed by atoms with van der Waals surface area (Å²) >= 11 is 0. The summed E-state index contributed by atoms with van der Waals surface area (Å²) in [6.07, 6.45) is 2.30. The number of hydrogen-bond acceptors (Lipinski definition) is 7. The van der Waals surface area contributed by atoms with Gasteiger partial charge in [0.05, 0.1) is 6.04 Å². The van der Waals surface area contributed by atoms with Crippen molar-refractivity contribution in [1.29, 1.82) is 0 Å². The van der Waals surface area contributed by atoms with E-state index in [4.69, 9.17) is 14.2 Å². The molecule has 0 bridgehead atoms. The average Bonchev–Trinajstić information content (AvgIpc) is 2.82. The molecule has 1 aliphatic rings. The third kappa shape index (κ3) is 10.2. The molecule has 1 N–H and O–H groups in total. The van der Waals surface area contributed by atoms with Gasteiger partial charge in [0.1, 0.15) is 23.9 Å². The second-order valence-electron chi connectivity index (χ2n) is 11.9. The lowest BCUT2D eigenvalue weighted by Crippen LogP contribution is -2.58. The molecule has 3 atom stereocenters. The molecule has 0 saturated carbocycles. The standard InChI is InChI=1S/C29H46N2O7/c1-21(25(33)37-28(2,3)4)30(26(34)36-20-22-13-9-8-10-14-22)19-24-16-11-15-23(17-12-18-32)31(24)27(35)38-29(5,6)7/h8-10,13-14,21,23-24,32H,11-12,15-20H2,1-7H3. The van der Waals surface area contributed by atoms with Crippen LogP contribution in [0.1, 0.15) is 86.1 Å². The Bertz CT molecular complexity index is 908. The first-order valence-corrected chi connectivity index (χ1v) is 13.5. The number of esters is 1. The fraction of sp³-hybridized carbons (Fsp3) is 0.690. The molecule has 0 aromatic heterocycles. The number of amides is 2. The van der Waals surface area contributed by atoms with Gasteiger partial charge in [0.2, 0.25) is 0 Å². The summed E-state index contributed by atoms with van der Waals surface area (Å²) in [6.45, 7) is 12.5. The molecule has 9 heteroatoms. The van der Waals surface area contributed by atoms with Crippen molar-refractivity contribution in [2.24, 2.45) is 0 Å². The van der Waals surface area contributed by atoms with Crippen molar-refractivity contribution < 1.29 is 33.7 Å². The summed E-state index contributed by atoms with van der Waals surface area (Å²) in [5.74, 6) is -0.550. The van der Waals surface area contributed by atoms with Crippen molar-refractivity contribution in [3.05, 3.63) is 35.9 Å². The van der Waals surface area contributed by atoms with E-state index in [0.29, 0.717) is 19.3 Å². The molecular formula is C29H46N2O7. The summed E-state index contributed by atoms with van der Waals surface area (Å²) in [5, 5.41) is 9.42. The predicted molar refractivity (Wildman–Crippen MR) is 144 cm³/mol. The van der Waals surface area contributed by atoms with E-state index in [1.165, 1.54) is 4.90 Å². The van der Waals surface area contributed by atoms with Crippen LogP contribution in [0, 0.1) is 0 Å². The van der Waals surface area contributed by atoms with Crippen LogP contribution in [0.5, 0.6) is 0 Å². The van der Waals surface area contributed by atoms with Crippen LogP contribution < -0.4 is 0 Å². The molecule has 1 saturated heterocycles. The van der Waals surface area contributed by atoms with Crippen molar-refractivity contribution in [1.82, 2.24) is 9.80 Å². The fourth-order valence-corrected chi connectivity index (χ4v) is 4.50. The van der Waals surface area contributed by atoms with Crippen LogP contribution in [0.4, 0.5) is 9.59 Å². The molecule has 2 amide bonds. The molecule has 1 aromatic rings. The van der Waals surface area contributed by atoms with E-state index in [9.17, 15) is 19.5 Å². The van der Waals surface area contributed by atoms with Crippen LogP contribution in [0.2, 0.25) is 0 Å². The molecule has 3 unspecified atom stereocenters. The number of rotatable bonds is 9. The van der Waals surface area contributed by atoms with Gasteiger partial charge in [-0.25, -0.2) is 14.4 Å². The molecule has 0 radical (unpaired) electrons.